The van der Waals surface area contributed by atoms with Crippen LogP contribution in [0.25, 0.3) is 22.2 Å². The van der Waals surface area contributed by atoms with Gasteiger partial charge in [-0.25, -0.2) is 4.79 Å². The average Bonchev–Trinajstić information content (AvgIpc) is 3.02. The zero-order chi connectivity index (χ0) is 14.3. The highest BCUT2D eigenvalue weighted by atomic mass is 16.5. The molecule has 0 unspecified atom stereocenters. The third-order valence-corrected chi connectivity index (χ3v) is 3.09. The van der Waals surface area contributed by atoms with E-state index in [0.29, 0.717) is 17.1 Å². The van der Waals surface area contributed by atoms with Crippen LogP contribution in [0.4, 0.5) is 0 Å². The topological polar surface area (TPSA) is 88.3 Å². The summed E-state index contributed by atoms with van der Waals surface area (Å²) < 4.78 is 10.5. The Hall–Kier alpha value is -2.76. The second-order valence-corrected chi connectivity index (χ2v) is 4.44. The zero-order valence-corrected chi connectivity index (χ0v) is 10.9. The minimum absolute atomic E-state index is 0.132. The fourth-order valence-electron chi connectivity index (χ4n) is 2.23. The van der Waals surface area contributed by atoms with Crippen molar-refractivity contribution in [3.63, 3.8) is 0 Å². The van der Waals surface area contributed by atoms with Crippen molar-refractivity contribution < 1.29 is 19.2 Å². The Balaban J connectivity index is 2.21. The molecule has 0 saturated carbocycles. The number of hydrogen-bond donors (Lipinski definition) is 2. The summed E-state index contributed by atoms with van der Waals surface area (Å²) in [6.45, 7) is 1.95. The molecule has 1 aromatic carbocycles. The van der Waals surface area contributed by atoms with E-state index in [1.54, 1.807) is 7.11 Å². The number of ether oxygens (including phenoxy) is 1. The summed E-state index contributed by atoms with van der Waals surface area (Å²) in [5.41, 5.74) is 2.49. The lowest BCUT2D eigenvalue weighted by Crippen LogP contribution is -1.94. The maximum atomic E-state index is 10.9. The van der Waals surface area contributed by atoms with Gasteiger partial charge in [-0.05, 0) is 25.1 Å². The highest BCUT2D eigenvalue weighted by Crippen LogP contribution is 2.37. The van der Waals surface area contributed by atoms with E-state index in [-0.39, 0.29) is 5.69 Å². The molecule has 0 radical (unpaired) electrons. The molecule has 0 atom stereocenters. The number of carboxylic acid groups (broad SMARTS) is 1. The van der Waals surface area contributed by atoms with Crippen LogP contribution in [-0.4, -0.2) is 28.3 Å². The first-order valence-corrected chi connectivity index (χ1v) is 5.97. The lowest BCUT2D eigenvalue weighted by atomic mass is 10.1. The first-order chi connectivity index (χ1) is 9.60. The van der Waals surface area contributed by atoms with Crippen LogP contribution in [0.1, 0.15) is 16.2 Å². The SMILES string of the molecule is COc1c(-c2cc(C(=O)O)no2)ccc2[nH]c(C)cc12. The third kappa shape index (κ3) is 1.82. The number of benzene rings is 1. The number of hydrogen-bond acceptors (Lipinski definition) is 4. The predicted octanol–water partition coefficient (Wildman–Crippen LogP) is 2.84. The van der Waals surface area contributed by atoms with Crippen LogP contribution in [0, 0.1) is 6.92 Å². The van der Waals surface area contributed by atoms with E-state index < -0.39 is 5.97 Å². The zero-order valence-electron chi connectivity index (χ0n) is 10.9. The van der Waals surface area contributed by atoms with E-state index in [1.165, 1.54) is 6.07 Å². The van der Waals surface area contributed by atoms with Gasteiger partial charge in [-0.15, -0.1) is 0 Å². The van der Waals surface area contributed by atoms with Gasteiger partial charge in [-0.3, -0.25) is 0 Å². The molecule has 102 valence electrons. The van der Waals surface area contributed by atoms with Crippen LogP contribution >= 0.6 is 0 Å². The number of fused-ring (bicyclic) bond motifs is 1. The molecular formula is C14H12N2O4. The monoisotopic (exact) mass is 272 g/mol. The van der Waals surface area contributed by atoms with E-state index in [1.807, 2.05) is 25.1 Å². The summed E-state index contributed by atoms with van der Waals surface area (Å²) in [5.74, 6) is -0.141. The molecule has 0 amide bonds. The number of carboxylic acids is 1. The Bertz CT molecular complexity index is 801. The normalized spacial score (nSPS) is 10.9. The molecule has 0 spiro atoms. The van der Waals surface area contributed by atoms with Crippen LogP contribution in [0.2, 0.25) is 0 Å². The van der Waals surface area contributed by atoms with E-state index in [2.05, 4.69) is 10.1 Å². The summed E-state index contributed by atoms with van der Waals surface area (Å²) in [6.07, 6.45) is 0. The Labute approximate surface area is 114 Å². The van der Waals surface area contributed by atoms with Gasteiger partial charge in [0, 0.05) is 22.7 Å². The second kappa shape index (κ2) is 4.41. The third-order valence-electron chi connectivity index (χ3n) is 3.09. The predicted molar refractivity (Wildman–Crippen MR) is 72.0 cm³/mol. The van der Waals surface area contributed by atoms with Crippen LogP contribution in [0.15, 0.2) is 28.8 Å². The summed E-state index contributed by atoms with van der Waals surface area (Å²) >= 11 is 0. The highest BCUT2D eigenvalue weighted by molar-refractivity contribution is 5.94. The van der Waals surface area contributed by atoms with Crippen molar-refractivity contribution in [2.75, 3.05) is 7.11 Å². The highest BCUT2D eigenvalue weighted by Gasteiger charge is 2.18. The molecule has 20 heavy (non-hydrogen) atoms. The van der Waals surface area contributed by atoms with Gasteiger partial charge in [0.05, 0.1) is 12.7 Å². The lowest BCUT2D eigenvalue weighted by Gasteiger charge is -2.06. The Morgan fingerprint density at radius 2 is 2.20 bits per heavy atom. The number of H-pyrrole nitrogens is 1. The van der Waals surface area contributed by atoms with Crippen molar-refractivity contribution in [3.8, 4) is 17.1 Å². The standard InChI is InChI=1S/C14H12N2O4/c1-7-5-9-10(15-7)4-3-8(13(9)19-2)12-6-11(14(17)18)16-20-12/h3-6,15H,1-2H3,(H,17,18). The number of aromatic carboxylic acids is 1. The number of nitrogens with zero attached hydrogens (tertiary/aromatic N) is 1. The van der Waals surface area contributed by atoms with Crippen LogP contribution in [-0.2, 0) is 0 Å². The largest absolute Gasteiger partial charge is 0.495 e. The van der Waals surface area contributed by atoms with Gasteiger partial charge < -0.3 is 19.4 Å². The van der Waals surface area contributed by atoms with Gasteiger partial charge >= 0.3 is 5.97 Å². The van der Waals surface area contributed by atoms with Gasteiger partial charge in [0.2, 0.25) is 0 Å². The molecule has 0 aliphatic carbocycles. The Kier molecular flexibility index (Phi) is 2.71. The molecule has 2 aromatic heterocycles. The molecule has 0 aliphatic heterocycles. The Morgan fingerprint density at radius 3 is 2.85 bits per heavy atom. The molecule has 3 rings (SSSR count). The van der Waals surface area contributed by atoms with E-state index >= 15 is 0 Å². The first-order valence-electron chi connectivity index (χ1n) is 5.97. The van der Waals surface area contributed by atoms with Crippen molar-refractivity contribution in [1.29, 1.82) is 0 Å². The fraction of sp³-hybridized carbons (Fsp3) is 0.143. The van der Waals surface area contributed by atoms with Crippen LogP contribution < -0.4 is 4.74 Å². The minimum Gasteiger partial charge on any atom is -0.495 e. The molecule has 3 aromatic rings. The second-order valence-electron chi connectivity index (χ2n) is 4.44. The summed E-state index contributed by atoms with van der Waals surface area (Å²) in [7, 11) is 1.56. The van der Waals surface area contributed by atoms with Crippen molar-refractivity contribution in [2.24, 2.45) is 0 Å². The van der Waals surface area contributed by atoms with E-state index in [0.717, 1.165) is 16.6 Å². The Morgan fingerprint density at radius 1 is 1.40 bits per heavy atom. The molecule has 6 nitrogen and oxygen atoms in total. The number of nitrogens with one attached hydrogen (secondary N) is 1. The van der Waals surface area contributed by atoms with Crippen molar-refractivity contribution in [1.82, 2.24) is 10.1 Å². The number of aromatic nitrogens is 2. The molecule has 0 bridgehead atoms. The molecule has 0 saturated heterocycles. The van der Waals surface area contributed by atoms with Crippen LogP contribution in [0.3, 0.4) is 0 Å². The lowest BCUT2D eigenvalue weighted by molar-refractivity contribution is 0.0686. The molecule has 0 fully saturated rings. The van der Waals surface area contributed by atoms with Gasteiger partial charge in [0.15, 0.2) is 11.5 Å². The van der Waals surface area contributed by atoms with Crippen molar-refractivity contribution >= 4 is 16.9 Å². The van der Waals surface area contributed by atoms with E-state index in [4.69, 9.17) is 14.4 Å². The number of aromatic amines is 1. The van der Waals surface area contributed by atoms with Crippen LogP contribution in [0.5, 0.6) is 5.75 Å². The average molecular weight is 272 g/mol. The summed E-state index contributed by atoms with van der Waals surface area (Å²) in [6, 6.07) is 7.05. The molecular weight excluding hydrogens is 260 g/mol. The maximum absolute atomic E-state index is 10.9. The number of carbonyl (C=O) groups is 1. The number of rotatable bonds is 3. The first kappa shape index (κ1) is 12.3. The molecule has 2 heterocycles. The quantitative estimate of drug-likeness (QED) is 0.765. The molecule has 2 N–H and O–H groups in total. The van der Waals surface area contributed by atoms with E-state index in [9.17, 15) is 4.79 Å². The van der Waals surface area contributed by atoms with Gasteiger partial charge in [-0.1, -0.05) is 5.16 Å². The fourth-order valence-corrected chi connectivity index (χ4v) is 2.23. The van der Waals surface area contributed by atoms with Gasteiger partial charge in [-0.2, -0.15) is 0 Å². The van der Waals surface area contributed by atoms with Gasteiger partial charge in [0.1, 0.15) is 5.75 Å². The molecule has 6 heteroatoms. The smallest absolute Gasteiger partial charge is 0.358 e. The minimum atomic E-state index is -1.13. The summed E-state index contributed by atoms with van der Waals surface area (Å²) in [5, 5.41) is 13.3. The molecule has 0 aliphatic rings. The number of aryl methyl sites for hydroxylation is 1. The van der Waals surface area contributed by atoms with Crippen molar-refractivity contribution in [3.05, 3.63) is 35.7 Å². The maximum Gasteiger partial charge on any atom is 0.358 e. The van der Waals surface area contributed by atoms with Gasteiger partial charge in [0.25, 0.3) is 0 Å². The summed E-state index contributed by atoms with van der Waals surface area (Å²) in [4.78, 5) is 14.1. The number of methoxy groups -OCH3 is 1. The van der Waals surface area contributed by atoms with Crippen molar-refractivity contribution in [2.45, 2.75) is 6.92 Å².